The van der Waals surface area contributed by atoms with Gasteiger partial charge in [0, 0.05) is 0 Å². The van der Waals surface area contributed by atoms with Gasteiger partial charge in [0.05, 0.1) is 12.1 Å². The molecule has 0 aliphatic rings. The summed E-state index contributed by atoms with van der Waals surface area (Å²) in [6.45, 7) is 0.199. The molecule has 1 heterocycles. The predicted molar refractivity (Wildman–Crippen MR) is 52.1 cm³/mol. The van der Waals surface area contributed by atoms with Crippen molar-refractivity contribution in [2.75, 3.05) is 0 Å². The molecule has 0 radical (unpaired) electrons. The molecule has 0 unspecified atom stereocenters. The van der Waals surface area contributed by atoms with Gasteiger partial charge < -0.3 is 10.2 Å². The third-order valence-electron chi connectivity index (χ3n) is 1.85. The van der Waals surface area contributed by atoms with E-state index < -0.39 is 5.24 Å². The van der Waals surface area contributed by atoms with E-state index in [1.165, 1.54) is 0 Å². The van der Waals surface area contributed by atoms with Gasteiger partial charge in [0.15, 0.2) is 5.58 Å². The van der Waals surface area contributed by atoms with Crippen LogP contribution in [0.2, 0.25) is 0 Å². The Hall–Kier alpha value is -1.39. The highest BCUT2D eigenvalue weighted by atomic mass is 35.5. The number of nitrogens with zero attached hydrogens (tertiary/aromatic N) is 1. The third kappa shape index (κ3) is 1.38. The summed E-state index contributed by atoms with van der Waals surface area (Å²) in [6, 6.07) is 5.02. The van der Waals surface area contributed by atoms with E-state index in [0.717, 1.165) is 0 Å². The van der Waals surface area contributed by atoms with Crippen molar-refractivity contribution in [2.24, 2.45) is 5.73 Å². The van der Waals surface area contributed by atoms with E-state index in [2.05, 4.69) is 4.98 Å². The first-order valence-corrected chi connectivity index (χ1v) is 4.38. The minimum atomic E-state index is -0.560. The van der Waals surface area contributed by atoms with Crippen molar-refractivity contribution in [1.82, 2.24) is 4.98 Å². The summed E-state index contributed by atoms with van der Waals surface area (Å²) in [5.74, 6) is 0.394. The number of fused-ring (bicyclic) bond motifs is 1. The molecule has 0 bridgehead atoms. The molecule has 0 atom stereocenters. The normalized spacial score (nSPS) is 10.7. The molecule has 14 heavy (non-hydrogen) atoms. The molecule has 2 rings (SSSR count). The first-order chi connectivity index (χ1) is 6.72. The molecule has 2 N–H and O–H groups in total. The fraction of sp³-hybridized carbons (Fsp3) is 0.111. The van der Waals surface area contributed by atoms with Crippen LogP contribution in [0.3, 0.4) is 0 Å². The number of aromatic nitrogens is 1. The molecule has 4 nitrogen and oxygen atoms in total. The van der Waals surface area contributed by atoms with E-state index in [1.807, 2.05) is 0 Å². The quantitative estimate of drug-likeness (QED) is 0.766. The van der Waals surface area contributed by atoms with Crippen LogP contribution in [-0.4, -0.2) is 10.2 Å². The lowest BCUT2D eigenvalue weighted by Crippen LogP contribution is -1.94. The Morgan fingerprint density at radius 1 is 1.57 bits per heavy atom. The molecule has 1 aromatic carbocycles. The molecule has 72 valence electrons. The number of oxazole rings is 1. The molecule has 0 saturated heterocycles. The first-order valence-electron chi connectivity index (χ1n) is 4.00. The zero-order chi connectivity index (χ0) is 10.1. The standard InChI is InChI=1S/C9H7ClN2O2/c10-9(13)5-2-1-3-6-8(5)14-7(4-11)12-6/h1-3H,4,11H2. The Bertz CT molecular complexity index is 493. The summed E-state index contributed by atoms with van der Waals surface area (Å²) in [5.41, 5.74) is 6.67. The van der Waals surface area contributed by atoms with Gasteiger partial charge in [-0.15, -0.1) is 0 Å². The highest BCUT2D eigenvalue weighted by Gasteiger charge is 2.12. The number of rotatable bonds is 2. The second kappa shape index (κ2) is 3.40. The summed E-state index contributed by atoms with van der Waals surface area (Å²) in [7, 11) is 0. The van der Waals surface area contributed by atoms with Crippen LogP contribution in [0, 0.1) is 0 Å². The van der Waals surface area contributed by atoms with Gasteiger partial charge in [-0.2, -0.15) is 0 Å². The fourth-order valence-corrected chi connectivity index (χ4v) is 1.39. The monoisotopic (exact) mass is 210 g/mol. The number of carbonyl (C=O) groups excluding carboxylic acids is 1. The number of halogens is 1. The lowest BCUT2D eigenvalue weighted by molar-refractivity contribution is 0.108. The number of benzene rings is 1. The smallest absolute Gasteiger partial charge is 0.256 e. The van der Waals surface area contributed by atoms with Gasteiger partial charge in [0.2, 0.25) is 5.89 Å². The molecule has 1 aromatic heterocycles. The van der Waals surface area contributed by atoms with Gasteiger partial charge in [-0.1, -0.05) is 6.07 Å². The van der Waals surface area contributed by atoms with Crippen molar-refractivity contribution < 1.29 is 9.21 Å². The van der Waals surface area contributed by atoms with Gasteiger partial charge in [-0.3, -0.25) is 4.79 Å². The molecule has 0 aliphatic carbocycles. The van der Waals surface area contributed by atoms with Crippen molar-refractivity contribution >= 4 is 27.9 Å². The molecule has 2 aromatic rings. The molecule has 0 fully saturated rings. The average Bonchev–Trinajstić information content (AvgIpc) is 2.59. The maximum Gasteiger partial charge on any atom is 0.256 e. The molecule has 5 heteroatoms. The van der Waals surface area contributed by atoms with E-state index in [4.69, 9.17) is 21.8 Å². The van der Waals surface area contributed by atoms with Gasteiger partial charge >= 0.3 is 0 Å². The van der Waals surface area contributed by atoms with E-state index in [1.54, 1.807) is 18.2 Å². The fourth-order valence-electron chi connectivity index (χ4n) is 1.24. The SMILES string of the molecule is NCc1nc2cccc(C(=O)Cl)c2o1. The summed E-state index contributed by atoms with van der Waals surface area (Å²) in [6.07, 6.45) is 0. The van der Waals surface area contributed by atoms with Crippen LogP contribution < -0.4 is 5.73 Å². The summed E-state index contributed by atoms with van der Waals surface area (Å²) >= 11 is 5.38. The Balaban J connectivity index is 2.73. The number of nitrogens with two attached hydrogens (primary N) is 1. The van der Waals surface area contributed by atoms with Crippen LogP contribution in [0.25, 0.3) is 11.1 Å². The van der Waals surface area contributed by atoms with Gasteiger partial charge in [-0.05, 0) is 23.7 Å². The van der Waals surface area contributed by atoms with E-state index in [9.17, 15) is 4.79 Å². The highest BCUT2D eigenvalue weighted by molar-refractivity contribution is 6.68. The first kappa shape index (κ1) is 9.18. The van der Waals surface area contributed by atoms with Crippen molar-refractivity contribution in [2.45, 2.75) is 6.54 Å². The van der Waals surface area contributed by atoms with E-state index in [0.29, 0.717) is 22.6 Å². The summed E-state index contributed by atoms with van der Waals surface area (Å²) in [5, 5.41) is -0.560. The Labute approximate surface area is 84.7 Å². The minimum absolute atomic E-state index is 0.199. The maximum atomic E-state index is 11.0. The second-order valence-electron chi connectivity index (χ2n) is 2.74. The van der Waals surface area contributed by atoms with Crippen LogP contribution >= 0.6 is 11.6 Å². The zero-order valence-corrected chi connectivity index (χ0v) is 7.91. The largest absolute Gasteiger partial charge is 0.438 e. The second-order valence-corrected chi connectivity index (χ2v) is 3.08. The van der Waals surface area contributed by atoms with Crippen LogP contribution in [0.15, 0.2) is 22.6 Å². The topological polar surface area (TPSA) is 69.1 Å². The Morgan fingerprint density at radius 3 is 3.00 bits per heavy atom. The number of hydrogen-bond acceptors (Lipinski definition) is 4. The molecule has 0 amide bonds. The summed E-state index contributed by atoms with van der Waals surface area (Å²) in [4.78, 5) is 15.1. The summed E-state index contributed by atoms with van der Waals surface area (Å²) < 4.78 is 5.27. The Morgan fingerprint density at radius 2 is 2.36 bits per heavy atom. The predicted octanol–water partition coefficient (Wildman–Crippen LogP) is 1.67. The van der Waals surface area contributed by atoms with Crippen LogP contribution in [0.4, 0.5) is 0 Å². The third-order valence-corrected chi connectivity index (χ3v) is 2.05. The lowest BCUT2D eigenvalue weighted by Gasteiger charge is -1.92. The van der Waals surface area contributed by atoms with Gasteiger partial charge in [0.1, 0.15) is 5.52 Å². The van der Waals surface area contributed by atoms with E-state index in [-0.39, 0.29) is 6.54 Å². The zero-order valence-electron chi connectivity index (χ0n) is 7.16. The highest BCUT2D eigenvalue weighted by Crippen LogP contribution is 2.21. The average molecular weight is 211 g/mol. The van der Waals surface area contributed by atoms with Crippen molar-refractivity contribution in [1.29, 1.82) is 0 Å². The maximum absolute atomic E-state index is 11.0. The molecule has 0 spiro atoms. The number of hydrogen-bond donors (Lipinski definition) is 1. The van der Waals surface area contributed by atoms with Crippen LogP contribution in [0.1, 0.15) is 16.2 Å². The Kier molecular flexibility index (Phi) is 2.23. The molecular weight excluding hydrogens is 204 g/mol. The van der Waals surface area contributed by atoms with Gasteiger partial charge in [0.25, 0.3) is 5.24 Å². The van der Waals surface area contributed by atoms with Crippen molar-refractivity contribution in [3.05, 3.63) is 29.7 Å². The molecule has 0 aliphatic heterocycles. The minimum Gasteiger partial charge on any atom is -0.438 e. The van der Waals surface area contributed by atoms with Crippen LogP contribution in [0.5, 0.6) is 0 Å². The van der Waals surface area contributed by atoms with Gasteiger partial charge in [-0.25, -0.2) is 4.98 Å². The van der Waals surface area contributed by atoms with Crippen LogP contribution in [-0.2, 0) is 6.54 Å². The number of para-hydroxylation sites is 1. The molecule has 0 saturated carbocycles. The molecular formula is C9H7ClN2O2. The van der Waals surface area contributed by atoms with Crippen molar-refractivity contribution in [3.63, 3.8) is 0 Å². The van der Waals surface area contributed by atoms with E-state index >= 15 is 0 Å². The van der Waals surface area contributed by atoms with Crippen molar-refractivity contribution in [3.8, 4) is 0 Å². The number of carbonyl (C=O) groups is 1. The lowest BCUT2D eigenvalue weighted by atomic mass is 10.2.